The average Bonchev–Trinajstić information content (AvgIpc) is 3.12. The summed E-state index contributed by atoms with van der Waals surface area (Å²) in [5, 5.41) is 0. The van der Waals surface area contributed by atoms with Crippen LogP contribution in [0.4, 0.5) is 0 Å². The maximum absolute atomic E-state index is 2.76. The van der Waals surface area contributed by atoms with Crippen LogP contribution in [0.15, 0.2) is 78.9 Å². The van der Waals surface area contributed by atoms with E-state index in [1.54, 1.807) is 5.57 Å². The molecule has 1 nitrogen and oxygen atoms in total. The Hall–Kier alpha value is -2.64. The summed E-state index contributed by atoms with van der Waals surface area (Å²) >= 11 is 0. The van der Waals surface area contributed by atoms with Crippen molar-refractivity contribution in [2.45, 2.75) is 50.7 Å². The van der Waals surface area contributed by atoms with Gasteiger partial charge in [-0.15, -0.1) is 0 Å². The molecule has 1 fully saturated rings. The zero-order valence-corrected chi connectivity index (χ0v) is 16.9. The van der Waals surface area contributed by atoms with Crippen LogP contribution in [0.2, 0.25) is 0 Å². The maximum atomic E-state index is 2.76. The second-order valence-electron chi connectivity index (χ2n) is 8.91. The average molecular weight is 378 g/mol. The lowest BCUT2D eigenvalue weighted by Crippen LogP contribution is -2.47. The molecule has 1 aliphatic carbocycles. The summed E-state index contributed by atoms with van der Waals surface area (Å²) in [6, 6.07) is 28.3. The molecule has 0 N–H and O–H groups in total. The molecule has 2 heterocycles. The summed E-state index contributed by atoms with van der Waals surface area (Å²) in [6.45, 7) is 1.08. The fraction of sp³-hybridized carbons (Fsp3) is 0.286. The molecule has 0 spiro atoms. The van der Waals surface area contributed by atoms with Crippen molar-refractivity contribution in [3.63, 3.8) is 0 Å². The molecule has 0 radical (unpaired) electrons. The topological polar surface area (TPSA) is 3.24 Å². The Bertz CT molecular complexity index is 1080. The Balaban J connectivity index is 1.30. The van der Waals surface area contributed by atoms with Crippen LogP contribution in [0, 0.1) is 0 Å². The van der Waals surface area contributed by atoms with Gasteiger partial charge in [-0.2, -0.15) is 0 Å². The maximum Gasteiger partial charge on any atom is 0.0290 e. The number of nitrogens with zero attached hydrogens (tertiary/aromatic N) is 1. The monoisotopic (exact) mass is 377 g/mol. The predicted octanol–water partition coefficient (Wildman–Crippen LogP) is 6.47. The third-order valence-corrected chi connectivity index (χ3v) is 7.15. The van der Waals surface area contributed by atoms with E-state index in [-0.39, 0.29) is 0 Å². The van der Waals surface area contributed by atoms with E-state index in [9.17, 15) is 0 Å². The van der Waals surface area contributed by atoms with E-state index in [2.05, 4.69) is 83.8 Å². The molecule has 3 aromatic carbocycles. The molecule has 3 aromatic rings. The second kappa shape index (κ2) is 7.00. The summed E-state index contributed by atoms with van der Waals surface area (Å²) in [4.78, 5) is 2.76. The molecule has 0 amide bonds. The van der Waals surface area contributed by atoms with Gasteiger partial charge < -0.3 is 0 Å². The van der Waals surface area contributed by atoms with Gasteiger partial charge in [0, 0.05) is 18.6 Å². The van der Waals surface area contributed by atoms with Crippen LogP contribution in [-0.4, -0.2) is 17.0 Å². The van der Waals surface area contributed by atoms with Gasteiger partial charge in [-0.3, -0.25) is 4.90 Å². The van der Waals surface area contributed by atoms with Gasteiger partial charge in [0.25, 0.3) is 0 Å². The lowest BCUT2D eigenvalue weighted by atomic mass is 9.82. The van der Waals surface area contributed by atoms with Gasteiger partial charge in [0.1, 0.15) is 0 Å². The van der Waals surface area contributed by atoms with Crippen LogP contribution >= 0.6 is 0 Å². The first-order valence-corrected chi connectivity index (χ1v) is 11.1. The molecule has 2 aliphatic heterocycles. The van der Waals surface area contributed by atoms with Crippen LogP contribution in [0.5, 0.6) is 0 Å². The van der Waals surface area contributed by atoms with E-state index in [1.807, 2.05) is 0 Å². The SMILES string of the molecule is C1=C(c2ccc3c(c2)Cc2ccccc2-3)CC2CCCC1N2Cc1ccccc1. The lowest BCUT2D eigenvalue weighted by molar-refractivity contribution is 0.0951. The number of fused-ring (bicyclic) bond motifs is 5. The molecule has 2 atom stereocenters. The van der Waals surface area contributed by atoms with Gasteiger partial charge >= 0.3 is 0 Å². The summed E-state index contributed by atoms with van der Waals surface area (Å²) in [5.41, 5.74) is 10.3. The first-order valence-electron chi connectivity index (χ1n) is 11.1. The normalized spacial score (nSPS) is 22.7. The number of benzene rings is 3. The molecule has 29 heavy (non-hydrogen) atoms. The first-order chi connectivity index (χ1) is 14.3. The van der Waals surface area contributed by atoms with Gasteiger partial charge in [-0.1, -0.05) is 85.3 Å². The minimum Gasteiger partial charge on any atom is -0.289 e. The number of rotatable bonds is 3. The van der Waals surface area contributed by atoms with Crippen LogP contribution < -0.4 is 0 Å². The van der Waals surface area contributed by atoms with E-state index < -0.39 is 0 Å². The van der Waals surface area contributed by atoms with Gasteiger partial charge in [0.2, 0.25) is 0 Å². The molecule has 2 bridgehead atoms. The molecule has 0 aromatic heterocycles. The highest BCUT2D eigenvalue weighted by atomic mass is 15.2. The zero-order valence-electron chi connectivity index (χ0n) is 16.9. The standard InChI is InChI=1S/C28H27N/c1-2-7-20(8-3-1)19-29-25-10-6-11-26(29)18-23(17-25)21-13-14-28-24(15-21)16-22-9-4-5-12-27(22)28/h1-5,7-9,12-15,17,25-26H,6,10-11,16,18-19H2. The molecule has 2 unspecified atom stereocenters. The lowest BCUT2D eigenvalue weighted by Gasteiger charge is -2.45. The summed E-state index contributed by atoms with van der Waals surface area (Å²) in [7, 11) is 0. The summed E-state index contributed by atoms with van der Waals surface area (Å²) < 4.78 is 0. The highest BCUT2D eigenvalue weighted by Gasteiger charge is 2.34. The molecule has 0 saturated carbocycles. The molecule has 1 heteroatoms. The van der Waals surface area contributed by atoms with E-state index in [0.717, 1.165) is 13.0 Å². The fourth-order valence-electron chi connectivity index (χ4n) is 5.72. The van der Waals surface area contributed by atoms with Crippen molar-refractivity contribution in [1.82, 2.24) is 4.90 Å². The fourth-order valence-corrected chi connectivity index (χ4v) is 5.72. The summed E-state index contributed by atoms with van der Waals surface area (Å²) in [5.74, 6) is 0. The van der Waals surface area contributed by atoms with E-state index in [0.29, 0.717) is 12.1 Å². The van der Waals surface area contributed by atoms with Gasteiger partial charge in [-0.05, 0) is 64.6 Å². The van der Waals surface area contributed by atoms with Gasteiger partial charge in [0.05, 0.1) is 0 Å². The van der Waals surface area contributed by atoms with Crippen molar-refractivity contribution >= 4 is 5.57 Å². The molecule has 1 saturated heterocycles. The molecule has 3 aliphatic rings. The van der Waals surface area contributed by atoms with E-state index >= 15 is 0 Å². The highest BCUT2D eigenvalue weighted by Crippen LogP contribution is 2.41. The Morgan fingerprint density at radius 1 is 0.793 bits per heavy atom. The predicted molar refractivity (Wildman–Crippen MR) is 121 cm³/mol. The molecule has 6 rings (SSSR count). The molecule has 144 valence electrons. The van der Waals surface area contributed by atoms with Crippen LogP contribution in [-0.2, 0) is 13.0 Å². The van der Waals surface area contributed by atoms with Crippen molar-refractivity contribution in [3.05, 3.63) is 101 Å². The van der Waals surface area contributed by atoms with Gasteiger partial charge in [-0.25, -0.2) is 0 Å². The van der Waals surface area contributed by atoms with Crippen molar-refractivity contribution in [2.75, 3.05) is 0 Å². The second-order valence-corrected chi connectivity index (χ2v) is 8.91. The van der Waals surface area contributed by atoms with E-state index in [1.165, 1.54) is 59.1 Å². The van der Waals surface area contributed by atoms with Crippen LogP contribution in [0.3, 0.4) is 0 Å². The van der Waals surface area contributed by atoms with Crippen molar-refractivity contribution < 1.29 is 0 Å². The Morgan fingerprint density at radius 3 is 2.52 bits per heavy atom. The van der Waals surface area contributed by atoms with E-state index in [4.69, 9.17) is 0 Å². The van der Waals surface area contributed by atoms with Gasteiger partial charge in [0.15, 0.2) is 0 Å². The number of piperidine rings is 1. The Kier molecular flexibility index (Phi) is 4.16. The van der Waals surface area contributed by atoms with Crippen molar-refractivity contribution in [2.24, 2.45) is 0 Å². The third kappa shape index (κ3) is 3.05. The highest BCUT2D eigenvalue weighted by molar-refractivity contribution is 5.80. The van der Waals surface area contributed by atoms with Crippen molar-refractivity contribution in [1.29, 1.82) is 0 Å². The molecular formula is C28H27N. The Morgan fingerprint density at radius 2 is 1.62 bits per heavy atom. The third-order valence-electron chi connectivity index (χ3n) is 7.15. The summed E-state index contributed by atoms with van der Waals surface area (Å²) in [6.07, 6.45) is 8.85. The minimum absolute atomic E-state index is 0.586. The zero-order chi connectivity index (χ0) is 19.2. The first kappa shape index (κ1) is 17.2. The number of hydrogen-bond acceptors (Lipinski definition) is 1. The van der Waals surface area contributed by atoms with Crippen LogP contribution in [0.25, 0.3) is 16.7 Å². The van der Waals surface area contributed by atoms with Crippen LogP contribution in [0.1, 0.15) is 47.9 Å². The minimum atomic E-state index is 0.586. The number of hydrogen-bond donors (Lipinski definition) is 0. The van der Waals surface area contributed by atoms with Crippen molar-refractivity contribution in [3.8, 4) is 11.1 Å². The largest absolute Gasteiger partial charge is 0.289 e. The Labute approximate surface area is 173 Å². The quantitative estimate of drug-likeness (QED) is 0.395. The smallest absolute Gasteiger partial charge is 0.0290 e. The molecular weight excluding hydrogens is 350 g/mol.